The van der Waals surface area contributed by atoms with Gasteiger partial charge in [-0.25, -0.2) is 0 Å². The average molecular weight is 337 g/mol. The number of hydrogen-bond acceptors (Lipinski definition) is 4. The quantitative estimate of drug-likeness (QED) is 0.745. The number of rotatable bonds is 3. The largest absolute Gasteiger partial charge is 0.361 e. The van der Waals surface area contributed by atoms with E-state index < -0.39 is 0 Å². The van der Waals surface area contributed by atoms with Crippen molar-refractivity contribution in [2.45, 2.75) is 32.7 Å². The molecule has 4 rings (SSSR count). The van der Waals surface area contributed by atoms with Gasteiger partial charge in [-0.15, -0.1) is 0 Å². The molecule has 1 aliphatic heterocycles. The van der Waals surface area contributed by atoms with Gasteiger partial charge in [-0.05, 0) is 32.4 Å². The van der Waals surface area contributed by atoms with Crippen LogP contribution in [0.2, 0.25) is 0 Å². The minimum Gasteiger partial charge on any atom is -0.361 e. The highest BCUT2D eigenvalue weighted by Gasteiger charge is 2.23. The summed E-state index contributed by atoms with van der Waals surface area (Å²) in [4.78, 5) is 24.9. The molecular weight excluding hydrogens is 318 g/mol. The molecule has 6 nitrogen and oxygen atoms in total. The van der Waals surface area contributed by atoms with E-state index >= 15 is 0 Å². The van der Waals surface area contributed by atoms with Gasteiger partial charge in [-0.3, -0.25) is 9.59 Å². The number of fused-ring (bicyclic) bond motifs is 3. The third-order valence-electron chi connectivity index (χ3n) is 4.70. The Balaban J connectivity index is 1.74. The van der Waals surface area contributed by atoms with Crippen molar-refractivity contribution in [2.75, 3.05) is 6.54 Å². The first-order valence-corrected chi connectivity index (χ1v) is 8.41. The number of aromatic nitrogens is 2. The number of nitrogens with one attached hydrogen (secondary N) is 1. The lowest BCUT2D eigenvalue weighted by Gasteiger charge is -2.14. The molecule has 0 fully saturated rings. The summed E-state index contributed by atoms with van der Waals surface area (Å²) < 4.78 is 7.06. The van der Waals surface area contributed by atoms with E-state index in [0.717, 1.165) is 17.3 Å². The van der Waals surface area contributed by atoms with Gasteiger partial charge in [-0.1, -0.05) is 17.3 Å². The first kappa shape index (κ1) is 15.6. The predicted octanol–water partition coefficient (Wildman–Crippen LogP) is 3.06. The second-order valence-corrected chi connectivity index (χ2v) is 6.60. The Morgan fingerprint density at radius 1 is 1.36 bits per heavy atom. The number of aryl methyl sites for hydroxylation is 1. The fraction of sp³-hybridized carbons (Fsp3) is 0.316. The zero-order valence-electron chi connectivity index (χ0n) is 14.2. The van der Waals surface area contributed by atoms with Crippen molar-refractivity contribution < 1.29 is 14.1 Å². The van der Waals surface area contributed by atoms with E-state index in [9.17, 15) is 9.59 Å². The van der Waals surface area contributed by atoms with Gasteiger partial charge < -0.3 is 14.4 Å². The minimum atomic E-state index is -0.0634. The second-order valence-electron chi connectivity index (χ2n) is 6.60. The van der Waals surface area contributed by atoms with Crippen LogP contribution in [0.15, 0.2) is 34.9 Å². The van der Waals surface area contributed by atoms with Crippen LogP contribution in [0.1, 0.15) is 51.7 Å². The SMILES string of the molecule is Cc1cc(CC(=O)c2ccc3cc4n(c3c2)C(C)CCNC4=O)no1. The van der Waals surface area contributed by atoms with Gasteiger partial charge in [0.05, 0.1) is 12.1 Å². The van der Waals surface area contributed by atoms with E-state index in [4.69, 9.17) is 4.52 Å². The molecule has 0 saturated carbocycles. The van der Waals surface area contributed by atoms with E-state index in [0.29, 0.717) is 29.3 Å². The Morgan fingerprint density at radius 3 is 2.96 bits per heavy atom. The molecule has 1 aliphatic rings. The summed E-state index contributed by atoms with van der Waals surface area (Å²) in [5, 5.41) is 7.77. The molecule has 1 aromatic carbocycles. The van der Waals surface area contributed by atoms with Crippen molar-refractivity contribution in [3.63, 3.8) is 0 Å². The van der Waals surface area contributed by atoms with Crippen molar-refractivity contribution in [2.24, 2.45) is 0 Å². The van der Waals surface area contributed by atoms with E-state index in [2.05, 4.69) is 17.4 Å². The summed E-state index contributed by atoms with van der Waals surface area (Å²) >= 11 is 0. The van der Waals surface area contributed by atoms with Crippen LogP contribution in [-0.4, -0.2) is 28.0 Å². The van der Waals surface area contributed by atoms with Crippen molar-refractivity contribution in [3.05, 3.63) is 53.0 Å². The molecule has 0 bridgehead atoms. The van der Waals surface area contributed by atoms with Crippen LogP contribution >= 0.6 is 0 Å². The molecular formula is C19H19N3O3. The van der Waals surface area contributed by atoms with Crippen LogP contribution in [-0.2, 0) is 6.42 Å². The van der Waals surface area contributed by atoms with Crippen molar-refractivity contribution in [1.82, 2.24) is 15.0 Å². The number of nitrogens with zero attached hydrogens (tertiary/aromatic N) is 2. The lowest BCUT2D eigenvalue weighted by atomic mass is 10.0. The summed E-state index contributed by atoms with van der Waals surface area (Å²) in [5.41, 5.74) is 2.81. The second kappa shape index (κ2) is 5.88. The molecule has 1 amide bonds. The third kappa shape index (κ3) is 2.73. The van der Waals surface area contributed by atoms with Crippen LogP contribution in [0.3, 0.4) is 0 Å². The van der Waals surface area contributed by atoms with Gasteiger partial charge in [0.15, 0.2) is 5.78 Å². The maximum atomic E-state index is 12.6. The van der Waals surface area contributed by atoms with Crippen LogP contribution in [0.5, 0.6) is 0 Å². The molecule has 0 spiro atoms. The molecule has 1 unspecified atom stereocenters. The predicted molar refractivity (Wildman–Crippen MR) is 92.9 cm³/mol. The highest BCUT2D eigenvalue weighted by molar-refractivity contribution is 6.03. The first-order valence-electron chi connectivity index (χ1n) is 8.41. The van der Waals surface area contributed by atoms with Crippen molar-refractivity contribution in [3.8, 4) is 0 Å². The number of Topliss-reactive ketones (excluding diaryl/α,β-unsaturated/α-hetero) is 1. The van der Waals surface area contributed by atoms with E-state index in [-0.39, 0.29) is 24.2 Å². The number of hydrogen-bond donors (Lipinski definition) is 1. The van der Waals surface area contributed by atoms with Crippen LogP contribution in [0, 0.1) is 6.92 Å². The van der Waals surface area contributed by atoms with Crippen LogP contribution in [0.25, 0.3) is 10.9 Å². The molecule has 0 aliphatic carbocycles. The Bertz CT molecular complexity index is 983. The third-order valence-corrected chi connectivity index (χ3v) is 4.70. The minimum absolute atomic E-state index is 0.0172. The molecule has 1 N–H and O–H groups in total. The Morgan fingerprint density at radius 2 is 2.20 bits per heavy atom. The summed E-state index contributed by atoms with van der Waals surface area (Å²) in [7, 11) is 0. The zero-order valence-corrected chi connectivity index (χ0v) is 14.2. The summed E-state index contributed by atoms with van der Waals surface area (Å²) in [6, 6.07) is 9.44. The smallest absolute Gasteiger partial charge is 0.267 e. The van der Waals surface area contributed by atoms with Gasteiger partial charge in [0.1, 0.15) is 11.5 Å². The Hall–Kier alpha value is -2.89. The highest BCUT2D eigenvalue weighted by atomic mass is 16.5. The monoisotopic (exact) mass is 337 g/mol. The number of benzene rings is 1. The molecule has 0 radical (unpaired) electrons. The summed E-state index contributed by atoms with van der Waals surface area (Å²) in [6.07, 6.45) is 1.06. The van der Waals surface area contributed by atoms with Gasteiger partial charge in [-0.2, -0.15) is 0 Å². The molecule has 1 atom stereocenters. The first-order chi connectivity index (χ1) is 12.0. The molecule has 25 heavy (non-hydrogen) atoms. The van der Waals surface area contributed by atoms with Gasteiger partial charge in [0, 0.05) is 35.1 Å². The average Bonchev–Trinajstić information content (AvgIpc) is 3.13. The van der Waals surface area contributed by atoms with Crippen LogP contribution < -0.4 is 5.32 Å². The number of amides is 1. The fourth-order valence-electron chi connectivity index (χ4n) is 3.43. The molecule has 0 saturated heterocycles. The molecule has 3 heterocycles. The molecule has 128 valence electrons. The number of carbonyl (C=O) groups excluding carboxylic acids is 2. The van der Waals surface area contributed by atoms with E-state index in [1.54, 1.807) is 19.1 Å². The number of ketones is 1. The van der Waals surface area contributed by atoms with Crippen molar-refractivity contribution >= 4 is 22.6 Å². The van der Waals surface area contributed by atoms with Crippen molar-refractivity contribution in [1.29, 1.82) is 0 Å². The van der Waals surface area contributed by atoms with E-state index in [1.807, 2.05) is 22.8 Å². The van der Waals surface area contributed by atoms with Gasteiger partial charge in [0.25, 0.3) is 5.91 Å². The zero-order chi connectivity index (χ0) is 17.6. The Labute approximate surface area is 144 Å². The normalized spacial score (nSPS) is 17.2. The van der Waals surface area contributed by atoms with Gasteiger partial charge >= 0.3 is 0 Å². The highest BCUT2D eigenvalue weighted by Crippen LogP contribution is 2.28. The maximum absolute atomic E-state index is 12.6. The standard InChI is InChI=1S/C19H19N3O3/c1-11-5-6-20-19(24)17-8-13-3-4-14(9-16(13)22(11)17)18(23)10-15-7-12(2)25-21-15/h3-4,7-9,11H,5-6,10H2,1-2H3,(H,20,24). The van der Waals surface area contributed by atoms with Crippen LogP contribution in [0.4, 0.5) is 0 Å². The number of carbonyl (C=O) groups is 2. The lowest BCUT2D eigenvalue weighted by Crippen LogP contribution is -2.22. The summed E-state index contributed by atoms with van der Waals surface area (Å²) in [6.45, 7) is 4.55. The maximum Gasteiger partial charge on any atom is 0.267 e. The molecule has 6 heteroatoms. The molecule has 2 aromatic heterocycles. The fourth-order valence-corrected chi connectivity index (χ4v) is 3.43. The molecule has 3 aromatic rings. The lowest BCUT2D eigenvalue weighted by molar-refractivity contribution is 0.0950. The topological polar surface area (TPSA) is 77.1 Å². The summed E-state index contributed by atoms with van der Waals surface area (Å²) in [5.74, 6) is 0.609. The van der Waals surface area contributed by atoms with E-state index in [1.165, 1.54) is 0 Å². The Kier molecular flexibility index (Phi) is 3.67. The van der Waals surface area contributed by atoms with Gasteiger partial charge in [0.2, 0.25) is 0 Å².